The van der Waals surface area contributed by atoms with E-state index in [1.54, 1.807) is 12.1 Å². The maximum Gasteiger partial charge on any atom is 0.167 e. The average Bonchev–Trinajstić information content (AvgIpc) is 2.49. The van der Waals surface area contributed by atoms with Gasteiger partial charge in [-0.2, -0.15) is 0 Å². The Morgan fingerprint density at radius 1 is 1.29 bits per heavy atom. The lowest BCUT2D eigenvalue weighted by molar-refractivity contribution is 0.386. The molecule has 0 aliphatic heterocycles. The highest BCUT2D eigenvalue weighted by atomic mass is 19.1. The van der Waals surface area contributed by atoms with Gasteiger partial charge >= 0.3 is 0 Å². The van der Waals surface area contributed by atoms with Crippen LogP contribution in [0.1, 0.15) is 18.9 Å². The van der Waals surface area contributed by atoms with Crippen LogP contribution in [0.3, 0.4) is 0 Å². The Labute approximate surface area is 122 Å². The predicted molar refractivity (Wildman–Crippen MR) is 80.1 cm³/mol. The van der Waals surface area contributed by atoms with Gasteiger partial charge in [-0.25, -0.2) is 20.2 Å². The SMILES string of the molecule is CCCc1c(NN)ncnc1Nc1ccc(OC)c(F)c1. The highest BCUT2D eigenvalue weighted by Crippen LogP contribution is 2.27. The number of halogens is 1. The lowest BCUT2D eigenvalue weighted by Gasteiger charge is -2.14. The normalized spacial score (nSPS) is 10.3. The zero-order chi connectivity index (χ0) is 15.2. The standard InChI is InChI=1S/C14H18FN5O/c1-3-4-10-13(17-8-18-14(10)20-16)19-9-5-6-12(21-2)11(15)7-9/h5-8H,3-4,16H2,1-2H3,(H2,17,18,19,20). The Balaban J connectivity index is 2.32. The minimum atomic E-state index is -0.439. The summed E-state index contributed by atoms with van der Waals surface area (Å²) >= 11 is 0. The van der Waals surface area contributed by atoms with Crippen LogP contribution in [-0.2, 0) is 6.42 Å². The number of hydrogen-bond donors (Lipinski definition) is 3. The van der Waals surface area contributed by atoms with E-state index in [-0.39, 0.29) is 5.75 Å². The van der Waals surface area contributed by atoms with Crippen molar-refractivity contribution >= 4 is 17.3 Å². The molecule has 0 unspecified atom stereocenters. The number of rotatable bonds is 6. The predicted octanol–water partition coefficient (Wildman–Crippen LogP) is 2.61. The summed E-state index contributed by atoms with van der Waals surface area (Å²) in [5.74, 6) is 6.38. The third kappa shape index (κ3) is 3.38. The van der Waals surface area contributed by atoms with Gasteiger partial charge in [0.2, 0.25) is 0 Å². The second kappa shape index (κ2) is 6.85. The molecular weight excluding hydrogens is 273 g/mol. The molecule has 0 aliphatic carbocycles. The van der Waals surface area contributed by atoms with Crippen molar-refractivity contribution in [3.63, 3.8) is 0 Å². The molecule has 6 nitrogen and oxygen atoms in total. The summed E-state index contributed by atoms with van der Waals surface area (Å²) in [6.07, 6.45) is 3.06. The fourth-order valence-corrected chi connectivity index (χ4v) is 2.01. The molecule has 0 aliphatic rings. The van der Waals surface area contributed by atoms with Gasteiger partial charge in [0.1, 0.15) is 18.0 Å². The molecule has 2 aromatic rings. The van der Waals surface area contributed by atoms with Crippen LogP contribution in [0.4, 0.5) is 21.7 Å². The largest absolute Gasteiger partial charge is 0.494 e. The van der Waals surface area contributed by atoms with Gasteiger partial charge in [0, 0.05) is 17.3 Å². The van der Waals surface area contributed by atoms with E-state index in [4.69, 9.17) is 10.6 Å². The second-order valence-corrected chi connectivity index (χ2v) is 4.42. The van der Waals surface area contributed by atoms with E-state index in [0.717, 1.165) is 18.4 Å². The first-order valence-corrected chi connectivity index (χ1v) is 6.60. The molecule has 0 atom stereocenters. The fourth-order valence-electron chi connectivity index (χ4n) is 2.01. The van der Waals surface area contributed by atoms with Gasteiger partial charge in [0.25, 0.3) is 0 Å². The highest BCUT2D eigenvalue weighted by molar-refractivity contribution is 5.65. The van der Waals surface area contributed by atoms with Crippen molar-refractivity contribution in [1.29, 1.82) is 0 Å². The van der Waals surface area contributed by atoms with Crippen molar-refractivity contribution < 1.29 is 9.13 Å². The number of hydrazine groups is 1. The molecule has 0 amide bonds. The maximum absolute atomic E-state index is 13.7. The molecule has 7 heteroatoms. The molecule has 0 spiro atoms. The van der Waals surface area contributed by atoms with Crippen LogP contribution >= 0.6 is 0 Å². The van der Waals surface area contributed by atoms with Crippen LogP contribution in [0.2, 0.25) is 0 Å². The number of ether oxygens (including phenoxy) is 1. The lowest BCUT2D eigenvalue weighted by atomic mass is 10.1. The quantitative estimate of drug-likeness (QED) is 0.560. The minimum absolute atomic E-state index is 0.196. The topological polar surface area (TPSA) is 85.1 Å². The summed E-state index contributed by atoms with van der Waals surface area (Å²) in [5.41, 5.74) is 3.99. The van der Waals surface area contributed by atoms with Gasteiger partial charge in [-0.05, 0) is 18.6 Å². The first-order chi connectivity index (χ1) is 10.2. The molecule has 0 saturated heterocycles. The Bertz CT molecular complexity index is 620. The summed E-state index contributed by atoms with van der Waals surface area (Å²) in [4.78, 5) is 8.28. The summed E-state index contributed by atoms with van der Waals surface area (Å²) in [7, 11) is 1.43. The van der Waals surface area contributed by atoms with E-state index in [0.29, 0.717) is 17.3 Å². The zero-order valence-electron chi connectivity index (χ0n) is 12.0. The second-order valence-electron chi connectivity index (χ2n) is 4.42. The third-order valence-corrected chi connectivity index (χ3v) is 3.00. The monoisotopic (exact) mass is 291 g/mol. The van der Waals surface area contributed by atoms with Gasteiger partial charge in [-0.15, -0.1) is 0 Å². The van der Waals surface area contributed by atoms with Crippen molar-refractivity contribution in [3.05, 3.63) is 35.9 Å². The number of aromatic nitrogens is 2. The van der Waals surface area contributed by atoms with E-state index in [1.807, 2.05) is 6.92 Å². The van der Waals surface area contributed by atoms with Crippen molar-refractivity contribution in [2.45, 2.75) is 19.8 Å². The van der Waals surface area contributed by atoms with Crippen molar-refractivity contribution in [2.75, 3.05) is 17.9 Å². The number of nitrogen functional groups attached to an aromatic ring is 1. The number of nitrogens with one attached hydrogen (secondary N) is 2. The van der Waals surface area contributed by atoms with Gasteiger partial charge < -0.3 is 15.5 Å². The van der Waals surface area contributed by atoms with Gasteiger partial charge in [-0.3, -0.25) is 0 Å². The number of nitrogens with two attached hydrogens (primary N) is 1. The molecule has 0 radical (unpaired) electrons. The number of benzene rings is 1. The van der Waals surface area contributed by atoms with Crippen LogP contribution in [-0.4, -0.2) is 17.1 Å². The maximum atomic E-state index is 13.7. The molecular formula is C14H18FN5O. The van der Waals surface area contributed by atoms with Crippen LogP contribution in [0.5, 0.6) is 5.75 Å². The van der Waals surface area contributed by atoms with Gasteiger partial charge in [-0.1, -0.05) is 13.3 Å². The van der Waals surface area contributed by atoms with Crippen molar-refractivity contribution in [2.24, 2.45) is 5.84 Å². The van der Waals surface area contributed by atoms with E-state index in [1.165, 1.54) is 19.5 Å². The third-order valence-electron chi connectivity index (χ3n) is 3.00. The number of hydrogen-bond acceptors (Lipinski definition) is 6. The number of anilines is 3. The summed E-state index contributed by atoms with van der Waals surface area (Å²) in [6.45, 7) is 2.05. The van der Waals surface area contributed by atoms with E-state index < -0.39 is 5.82 Å². The van der Waals surface area contributed by atoms with E-state index in [2.05, 4.69) is 20.7 Å². The number of methoxy groups -OCH3 is 1. The van der Waals surface area contributed by atoms with Gasteiger partial charge in [0.05, 0.1) is 7.11 Å². The Morgan fingerprint density at radius 3 is 2.67 bits per heavy atom. The highest BCUT2D eigenvalue weighted by Gasteiger charge is 2.11. The van der Waals surface area contributed by atoms with Crippen molar-refractivity contribution in [3.8, 4) is 5.75 Å². The van der Waals surface area contributed by atoms with Crippen LogP contribution in [0.25, 0.3) is 0 Å². The Kier molecular flexibility index (Phi) is 4.89. The number of nitrogens with zero attached hydrogens (tertiary/aromatic N) is 2. The van der Waals surface area contributed by atoms with Crippen LogP contribution in [0, 0.1) is 5.82 Å². The molecule has 0 fully saturated rings. The molecule has 4 N–H and O–H groups in total. The fraction of sp³-hybridized carbons (Fsp3) is 0.286. The van der Waals surface area contributed by atoms with E-state index >= 15 is 0 Å². The Hall–Kier alpha value is -2.41. The Morgan fingerprint density at radius 2 is 2.05 bits per heavy atom. The molecule has 1 aromatic heterocycles. The molecule has 1 heterocycles. The van der Waals surface area contributed by atoms with Crippen molar-refractivity contribution in [1.82, 2.24) is 9.97 Å². The smallest absolute Gasteiger partial charge is 0.167 e. The van der Waals surface area contributed by atoms with Gasteiger partial charge in [0.15, 0.2) is 11.6 Å². The molecule has 0 saturated carbocycles. The summed E-state index contributed by atoms with van der Waals surface area (Å²) < 4.78 is 18.6. The first kappa shape index (κ1) is 15.0. The van der Waals surface area contributed by atoms with Crippen LogP contribution in [0.15, 0.2) is 24.5 Å². The molecule has 0 bridgehead atoms. The minimum Gasteiger partial charge on any atom is -0.494 e. The molecule has 112 valence electrons. The molecule has 21 heavy (non-hydrogen) atoms. The van der Waals surface area contributed by atoms with E-state index in [9.17, 15) is 4.39 Å². The van der Waals surface area contributed by atoms with Crippen LogP contribution < -0.4 is 21.3 Å². The summed E-state index contributed by atoms with van der Waals surface area (Å²) in [6, 6.07) is 4.63. The average molecular weight is 291 g/mol. The zero-order valence-corrected chi connectivity index (χ0v) is 12.0. The molecule has 1 aromatic carbocycles. The first-order valence-electron chi connectivity index (χ1n) is 6.60. The molecule has 2 rings (SSSR count). The lowest BCUT2D eigenvalue weighted by Crippen LogP contribution is -2.13. The summed E-state index contributed by atoms with van der Waals surface area (Å²) in [5, 5.41) is 3.08.